The van der Waals surface area contributed by atoms with E-state index in [-0.39, 0.29) is 28.5 Å². The Morgan fingerprint density at radius 1 is 1.05 bits per heavy atom. The van der Waals surface area contributed by atoms with E-state index in [2.05, 4.69) is 15.1 Å². The second-order valence-corrected chi connectivity index (χ2v) is 10.3. The van der Waals surface area contributed by atoms with Crippen LogP contribution in [-0.4, -0.2) is 42.8 Å². The molecule has 0 aliphatic rings. The molecule has 0 aliphatic heterocycles. The molecule has 5 rings (SSSR count). The summed E-state index contributed by atoms with van der Waals surface area (Å²) in [5, 5.41) is 15.2. The summed E-state index contributed by atoms with van der Waals surface area (Å²) < 4.78 is 64.5. The monoisotopic (exact) mass is 627 g/mol. The van der Waals surface area contributed by atoms with Crippen molar-refractivity contribution in [2.75, 3.05) is 4.90 Å². The van der Waals surface area contributed by atoms with Crippen molar-refractivity contribution in [1.29, 1.82) is 0 Å². The number of halogens is 5. The number of hydrogen-bond donors (Lipinski definition) is 1. The number of benzene rings is 2. The topological polar surface area (TPSA) is 110 Å². The Balaban J connectivity index is 1.51. The number of para-hydroxylation sites is 1. The summed E-state index contributed by atoms with van der Waals surface area (Å²) in [5.74, 6) is -5.39. The molecule has 0 spiro atoms. The van der Waals surface area contributed by atoms with Gasteiger partial charge in [0, 0.05) is 36.0 Å². The first kappa shape index (κ1) is 30.4. The molecule has 9 nitrogen and oxygen atoms in total. The Labute approximate surface area is 252 Å². The molecule has 3 aromatic heterocycles. The van der Waals surface area contributed by atoms with Crippen LogP contribution >= 0.6 is 11.6 Å². The van der Waals surface area contributed by atoms with Crippen molar-refractivity contribution in [2.45, 2.75) is 32.6 Å². The van der Waals surface area contributed by atoms with Gasteiger partial charge in [-0.15, -0.1) is 0 Å². The number of alkyl halides is 3. The van der Waals surface area contributed by atoms with Gasteiger partial charge in [0.05, 0.1) is 34.5 Å². The van der Waals surface area contributed by atoms with Crippen LogP contribution < -0.4 is 9.64 Å². The highest BCUT2D eigenvalue weighted by Gasteiger charge is 2.37. The van der Waals surface area contributed by atoms with Crippen LogP contribution in [0.3, 0.4) is 0 Å². The van der Waals surface area contributed by atoms with E-state index in [4.69, 9.17) is 16.3 Å². The highest BCUT2D eigenvalue weighted by Crippen LogP contribution is 2.39. The number of carbonyl (C=O) groups is 2. The third kappa shape index (κ3) is 6.18. The first-order valence-corrected chi connectivity index (χ1v) is 13.4. The Morgan fingerprint density at radius 2 is 1.80 bits per heavy atom. The molecule has 2 aromatic carbocycles. The number of carboxylic acids is 1. The number of hydrogen-bond acceptors (Lipinski definition) is 6. The van der Waals surface area contributed by atoms with Crippen LogP contribution in [0.25, 0.3) is 10.9 Å². The fourth-order valence-corrected chi connectivity index (χ4v) is 4.65. The molecule has 0 saturated heterocycles. The first-order valence-electron chi connectivity index (χ1n) is 13.0. The van der Waals surface area contributed by atoms with Gasteiger partial charge in [-0.1, -0.05) is 29.8 Å². The Morgan fingerprint density at radius 3 is 2.45 bits per heavy atom. The highest BCUT2D eigenvalue weighted by atomic mass is 35.5. The lowest BCUT2D eigenvalue weighted by Crippen LogP contribution is -2.38. The lowest BCUT2D eigenvalue weighted by Gasteiger charge is -2.28. The van der Waals surface area contributed by atoms with Crippen LogP contribution in [0.1, 0.15) is 45.8 Å². The Bertz CT molecular complexity index is 1880. The number of nitrogens with zero attached hydrogens (tertiary/aromatic N) is 5. The summed E-state index contributed by atoms with van der Waals surface area (Å²) in [6, 6.07) is 11.4. The van der Waals surface area contributed by atoms with Gasteiger partial charge < -0.3 is 14.7 Å². The normalized spacial score (nSPS) is 11.6. The number of anilines is 1. The average molecular weight is 628 g/mol. The van der Waals surface area contributed by atoms with Gasteiger partial charge in [-0.3, -0.25) is 9.48 Å². The van der Waals surface area contributed by atoms with Crippen molar-refractivity contribution in [3.05, 3.63) is 106 Å². The number of pyridine rings is 2. The maximum absolute atomic E-state index is 15.4. The SMILES string of the molecule is CC(C)N(C(=O)c1ccc(Cl)cn1)c1cc(F)c(Oc2ncc(Cn3ncc4ccccc43)cc2C(F)(F)F)cc1C(=O)O. The van der Waals surface area contributed by atoms with E-state index in [0.29, 0.717) is 17.6 Å². The van der Waals surface area contributed by atoms with E-state index in [0.717, 1.165) is 22.5 Å². The van der Waals surface area contributed by atoms with Gasteiger partial charge >= 0.3 is 12.1 Å². The van der Waals surface area contributed by atoms with Gasteiger partial charge in [0.2, 0.25) is 5.88 Å². The third-order valence-corrected chi connectivity index (χ3v) is 6.75. The molecule has 0 unspecified atom stereocenters. The molecule has 1 amide bonds. The summed E-state index contributed by atoms with van der Waals surface area (Å²) in [6.45, 7) is 3.08. The molecule has 5 aromatic rings. The number of rotatable bonds is 8. The minimum Gasteiger partial charge on any atom is -0.478 e. The zero-order chi connectivity index (χ0) is 31.8. The molecule has 3 heterocycles. The maximum atomic E-state index is 15.4. The van der Waals surface area contributed by atoms with Crippen molar-refractivity contribution < 1.29 is 37.0 Å². The molecule has 0 fully saturated rings. The van der Waals surface area contributed by atoms with Crippen molar-refractivity contribution in [2.24, 2.45) is 0 Å². The number of aromatic carboxylic acids is 1. The zero-order valence-electron chi connectivity index (χ0n) is 23.0. The Kier molecular flexibility index (Phi) is 8.24. The minimum atomic E-state index is -4.96. The molecule has 0 aliphatic carbocycles. The molecule has 0 bridgehead atoms. The summed E-state index contributed by atoms with van der Waals surface area (Å²) >= 11 is 5.84. The number of amides is 1. The van der Waals surface area contributed by atoms with E-state index < -0.39 is 52.7 Å². The van der Waals surface area contributed by atoms with Crippen LogP contribution in [0.15, 0.2) is 73.2 Å². The smallest absolute Gasteiger partial charge is 0.421 e. The van der Waals surface area contributed by atoms with Gasteiger partial charge in [-0.2, -0.15) is 18.3 Å². The van der Waals surface area contributed by atoms with E-state index >= 15 is 4.39 Å². The lowest BCUT2D eigenvalue weighted by molar-refractivity contribution is -0.139. The van der Waals surface area contributed by atoms with Crippen LogP contribution in [0, 0.1) is 5.82 Å². The fourth-order valence-electron chi connectivity index (χ4n) is 4.53. The highest BCUT2D eigenvalue weighted by molar-refractivity contribution is 6.30. The molecular weight excluding hydrogens is 606 g/mol. The molecule has 44 heavy (non-hydrogen) atoms. The Hall–Kier alpha value is -5.04. The fraction of sp³-hybridized carbons (Fsp3) is 0.167. The van der Waals surface area contributed by atoms with Crippen molar-refractivity contribution in [3.8, 4) is 11.6 Å². The van der Waals surface area contributed by atoms with Gasteiger partial charge in [0.15, 0.2) is 11.6 Å². The number of fused-ring (bicyclic) bond motifs is 1. The van der Waals surface area contributed by atoms with Gasteiger partial charge in [-0.05, 0) is 43.7 Å². The first-order chi connectivity index (χ1) is 20.8. The molecular formula is C30H22ClF4N5O4. The maximum Gasteiger partial charge on any atom is 0.421 e. The van der Waals surface area contributed by atoms with Crippen LogP contribution in [0.4, 0.5) is 23.2 Å². The number of ether oxygens (including phenoxy) is 1. The summed E-state index contributed by atoms with van der Waals surface area (Å²) in [5.41, 5.74) is -1.52. The predicted molar refractivity (Wildman–Crippen MR) is 153 cm³/mol. The van der Waals surface area contributed by atoms with E-state index in [1.54, 1.807) is 38.2 Å². The van der Waals surface area contributed by atoms with E-state index in [1.807, 2.05) is 6.07 Å². The predicted octanol–water partition coefficient (Wildman–Crippen LogP) is 7.23. The molecule has 0 saturated carbocycles. The summed E-state index contributed by atoms with van der Waals surface area (Å²) in [6.07, 6.45) is -1.03. The molecule has 0 radical (unpaired) electrons. The average Bonchev–Trinajstić information content (AvgIpc) is 3.37. The van der Waals surface area contributed by atoms with Gasteiger partial charge in [0.25, 0.3) is 5.91 Å². The molecule has 14 heteroatoms. The van der Waals surface area contributed by atoms with E-state index in [9.17, 15) is 27.9 Å². The summed E-state index contributed by atoms with van der Waals surface area (Å²) in [7, 11) is 0. The molecule has 1 N–H and O–H groups in total. The van der Waals surface area contributed by atoms with Crippen LogP contribution in [0.5, 0.6) is 11.6 Å². The standard InChI is InChI=1S/C30H22ClF4N5O4/c1-16(2)40(28(41)23-8-7-19(31)14-36-23)25-11-22(32)26(10-20(25)29(42)43)44-27-21(30(33,34)35)9-17(12-37-27)15-39-24-6-4-3-5-18(24)13-38-39/h3-14,16H,15H2,1-2H3,(H,42,43). The van der Waals surface area contributed by atoms with Crippen molar-refractivity contribution in [3.63, 3.8) is 0 Å². The van der Waals surface area contributed by atoms with Gasteiger partial charge in [-0.25, -0.2) is 19.2 Å². The molecule has 226 valence electrons. The zero-order valence-corrected chi connectivity index (χ0v) is 23.8. The van der Waals surface area contributed by atoms with Crippen LogP contribution in [-0.2, 0) is 12.7 Å². The largest absolute Gasteiger partial charge is 0.478 e. The molecule has 0 atom stereocenters. The lowest BCUT2D eigenvalue weighted by atomic mass is 10.1. The third-order valence-electron chi connectivity index (χ3n) is 6.53. The van der Waals surface area contributed by atoms with Crippen molar-refractivity contribution in [1.82, 2.24) is 19.7 Å². The summed E-state index contributed by atoms with van der Waals surface area (Å²) in [4.78, 5) is 34.2. The van der Waals surface area contributed by atoms with E-state index in [1.165, 1.54) is 23.0 Å². The second kappa shape index (κ2) is 11.9. The van der Waals surface area contributed by atoms with Crippen molar-refractivity contribution >= 4 is 40.1 Å². The van der Waals surface area contributed by atoms with Gasteiger partial charge in [0.1, 0.15) is 11.3 Å². The number of aromatic nitrogens is 4. The quantitative estimate of drug-likeness (QED) is 0.181. The number of carboxylic acid groups (broad SMARTS) is 1. The van der Waals surface area contributed by atoms with Crippen LogP contribution in [0.2, 0.25) is 5.02 Å². The minimum absolute atomic E-state index is 0.0440. The number of carbonyl (C=O) groups excluding carboxylic acids is 1. The second-order valence-electron chi connectivity index (χ2n) is 9.89.